The Kier molecular flexibility index (Phi) is 7.24. The number of hydrogen-bond donors (Lipinski definition) is 0. The van der Waals surface area contributed by atoms with E-state index in [1.54, 1.807) is 0 Å². The number of halogens is 2. The molecule has 0 unspecified atom stereocenters. The fourth-order valence-corrected chi connectivity index (χ4v) is 2.37. The summed E-state index contributed by atoms with van der Waals surface area (Å²) in [6.45, 7) is 4.83. The first kappa shape index (κ1) is 10.9. The summed E-state index contributed by atoms with van der Waals surface area (Å²) in [5.41, 5.74) is 0. The van der Waals surface area contributed by atoms with Gasteiger partial charge in [0.15, 0.2) is 0 Å². The lowest BCUT2D eigenvalue weighted by atomic mass is 10.4. The average molecular weight is 290 g/mol. The molecule has 0 spiro atoms. The molecule has 1 nitrogen and oxygen atoms in total. The topological polar surface area (TPSA) is 9.23 Å². The molecule has 0 heterocycles. The van der Waals surface area contributed by atoms with Gasteiger partial charge >= 0.3 is 0 Å². The molecule has 0 atom stereocenters. The monoisotopic (exact) mass is 288 g/mol. The van der Waals surface area contributed by atoms with Crippen LogP contribution in [-0.4, -0.2) is 6.61 Å². The number of ether oxygens (including phenoxy) is 1. The Bertz CT molecular complexity index is 114. The Hall–Kier alpha value is 0.930. The molecule has 0 aromatic rings. The van der Waals surface area contributed by atoms with Crippen LogP contribution in [0.4, 0.5) is 0 Å². The van der Waals surface area contributed by atoms with Gasteiger partial charge in [-0.2, -0.15) is 0 Å². The van der Waals surface area contributed by atoms with Crippen LogP contribution in [0.2, 0.25) is 0 Å². The zero-order valence-corrected chi connectivity index (χ0v) is 10.2. The van der Waals surface area contributed by atoms with Gasteiger partial charge in [-0.05, 0) is 43.7 Å². The molecule has 0 saturated heterocycles. The fraction of sp³-hybridized carbons (Fsp3) is 0.667. The zero-order valence-electron chi connectivity index (χ0n) is 6.10. The standard InChI is InChI=1S/C6H11Br2OP/c1-3-6(9-4-2)5-10(7)8/h5H,3-4H2,1-2H3. The van der Waals surface area contributed by atoms with Crippen LogP contribution < -0.4 is 0 Å². The number of allylic oxidation sites excluding steroid dienone is 1. The van der Waals surface area contributed by atoms with E-state index in [-0.39, 0.29) is 5.33 Å². The van der Waals surface area contributed by atoms with Crippen LogP contribution in [0.15, 0.2) is 11.6 Å². The molecule has 0 aliphatic carbocycles. The Balaban J connectivity index is 3.78. The molecule has 0 rings (SSSR count). The zero-order chi connectivity index (χ0) is 7.98. The summed E-state index contributed by atoms with van der Waals surface area (Å²) in [6, 6.07) is 0. The van der Waals surface area contributed by atoms with Crippen molar-refractivity contribution in [2.24, 2.45) is 0 Å². The molecule has 60 valence electrons. The van der Waals surface area contributed by atoms with Crippen molar-refractivity contribution in [2.75, 3.05) is 6.61 Å². The van der Waals surface area contributed by atoms with Crippen molar-refractivity contribution >= 4 is 36.3 Å². The summed E-state index contributed by atoms with van der Waals surface area (Å²) in [4.78, 5) is 0. The van der Waals surface area contributed by atoms with Gasteiger partial charge in [0.05, 0.1) is 17.7 Å². The van der Waals surface area contributed by atoms with Gasteiger partial charge in [0.25, 0.3) is 0 Å². The van der Waals surface area contributed by atoms with Crippen molar-refractivity contribution in [1.29, 1.82) is 0 Å². The lowest BCUT2D eigenvalue weighted by Gasteiger charge is -2.05. The summed E-state index contributed by atoms with van der Waals surface area (Å²) < 4.78 is 5.32. The van der Waals surface area contributed by atoms with E-state index < -0.39 is 0 Å². The minimum atomic E-state index is -0.319. The SMILES string of the molecule is CCOC(=CP(Br)Br)CC. The van der Waals surface area contributed by atoms with Crippen molar-refractivity contribution in [3.8, 4) is 0 Å². The fourth-order valence-electron chi connectivity index (χ4n) is 0.525. The number of hydrogen-bond acceptors (Lipinski definition) is 1. The smallest absolute Gasteiger partial charge is 0.0977 e. The molecule has 0 aromatic heterocycles. The molecule has 0 aliphatic heterocycles. The minimum absolute atomic E-state index is 0.319. The van der Waals surface area contributed by atoms with Crippen LogP contribution in [0.3, 0.4) is 0 Å². The quantitative estimate of drug-likeness (QED) is 0.551. The van der Waals surface area contributed by atoms with E-state index in [9.17, 15) is 0 Å². The van der Waals surface area contributed by atoms with Gasteiger partial charge in [-0.1, -0.05) is 6.92 Å². The molecule has 0 aliphatic rings. The maximum absolute atomic E-state index is 5.32. The Morgan fingerprint density at radius 2 is 2.10 bits per heavy atom. The second-order valence-electron chi connectivity index (χ2n) is 1.64. The van der Waals surface area contributed by atoms with Crippen molar-refractivity contribution in [3.05, 3.63) is 11.6 Å². The molecule has 0 radical (unpaired) electrons. The highest BCUT2D eigenvalue weighted by Gasteiger charge is 1.96. The van der Waals surface area contributed by atoms with E-state index in [1.165, 1.54) is 0 Å². The molecule has 0 N–H and O–H groups in total. The largest absolute Gasteiger partial charge is 0.498 e. The van der Waals surface area contributed by atoms with Gasteiger partial charge < -0.3 is 4.74 Å². The van der Waals surface area contributed by atoms with Crippen molar-refractivity contribution in [2.45, 2.75) is 20.3 Å². The van der Waals surface area contributed by atoms with E-state index in [2.05, 4.69) is 43.7 Å². The third-order valence-corrected chi connectivity index (χ3v) is 2.63. The summed E-state index contributed by atoms with van der Waals surface area (Å²) in [6.07, 6.45) is 0.962. The number of rotatable bonds is 4. The first-order valence-electron chi connectivity index (χ1n) is 3.15. The van der Waals surface area contributed by atoms with Gasteiger partial charge in [0.1, 0.15) is 0 Å². The second-order valence-corrected chi connectivity index (χ2v) is 9.86. The molecule has 0 bridgehead atoms. The van der Waals surface area contributed by atoms with Crippen LogP contribution in [0, 0.1) is 0 Å². The van der Waals surface area contributed by atoms with E-state index in [0.29, 0.717) is 0 Å². The Morgan fingerprint density at radius 1 is 1.50 bits per heavy atom. The van der Waals surface area contributed by atoms with Gasteiger partial charge in [-0.25, -0.2) is 0 Å². The van der Waals surface area contributed by atoms with Crippen LogP contribution in [0.1, 0.15) is 20.3 Å². The summed E-state index contributed by atoms with van der Waals surface area (Å²) in [5, 5.41) is -0.319. The van der Waals surface area contributed by atoms with Gasteiger partial charge in [0, 0.05) is 6.42 Å². The van der Waals surface area contributed by atoms with E-state index in [0.717, 1.165) is 18.8 Å². The van der Waals surface area contributed by atoms with Crippen molar-refractivity contribution in [1.82, 2.24) is 0 Å². The maximum Gasteiger partial charge on any atom is 0.0977 e. The Labute approximate surface area is 79.4 Å². The molecule has 10 heavy (non-hydrogen) atoms. The van der Waals surface area contributed by atoms with Crippen LogP contribution in [-0.2, 0) is 4.74 Å². The van der Waals surface area contributed by atoms with E-state index in [1.807, 2.05) is 6.92 Å². The molecular weight excluding hydrogens is 279 g/mol. The highest BCUT2D eigenvalue weighted by Crippen LogP contribution is 2.54. The minimum Gasteiger partial charge on any atom is -0.498 e. The molecule has 0 saturated carbocycles. The Morgan fingerprint density at radius 3 is 2.40 bits per heavy atom. The molecule has 0 aromatic carbocycles. The summed E-state index contributed by atoms with van der Waals surface area (Å²) >= 11 is 6.82. The third-order valence-electron chi connectivity index (χ3n) is 0.920. The molecule has 0 fully saturated rings. The van der Waals surface area contributed by atoms with E-state index >= 15 is 0 Å². The summed E-state index contributed by atoms with van der Waals surface area (Å²) in [5.74, 6) is 3.13. The van der Waals surface area contributed by atoms with Crippen molar-refractivity contribution in [3.63, 3.8) is 0 Å². The lowest BCUT2D eigenvalue weighted by molar-refractivity contribution is 0.222. The third kappa shape index (κ3) is 5.70. The van der Waals surface area contributed by atoms with Crippen molar-refractivity contribution < 1.29 is 4.74 Å². The van der Waals surface area contributed by atoms with E-state index in [4.69, 9.17) is 4.74 Å². The molecule has 4 heteroatoms. The van der Waals surface area contributed by atoms with Gasteiger partial charge in [0.2, 0.25) is 0 Å². The first-order chi connectivity index (χ1) is 4.70. The van der Waals surface area contributed by atoms with Crippen LogP contribution in [0.25, 0.3) is 0 Å². The molecule has 0 amide bonds. The maximum atomic E-state index is 5.32. The van der Waals surface area contributed by atoms with Gasteiger partial charge in [-0.15, -0.1) is 0 Å². The predicted octanol–water partition coefficient (Wildman–Crippen LogP) is 4.38. The predicted molar refractivity (Wildman–Crippen MR) is 54.8 cm³/mol. The average Bonchev–Trinajstić information content (AvgIpc) is 1.86. The lowest BCUT2D eigenvalue weighted by Crippen LogP contribution is -1.87. The molecular formula is C6H11Br2OP. The highest BCUT2D eigenvalue weighted by molar-refractivity contribution is 9.69. The van der Waals surface area contributed by atoms with Crippen LogP contribution >= 0.6 is 36.3 Å². The highest BCUT2D eigenvalue weighted by atomic mass is 79.9. The first-order valence-corrected chi connectivity index (χ1v) is 8.59. The normalized spacial score (nSPS) is 12.3. The van der Waals surface area contributed by atoms with Gasteiger partial charge in [-0.3, -0.25) is 0 Å². The summed E-state index contributed by atoms with van der Waals surface area (Å²) in [7, 11) is 0. The second kappa shape index (κ2) is 6.63. The van der Waals surface area contributed by atoms with Crippen LogP contribution in [0.5, 0.6) is 0 Å².